The fraction of sp³-hybridized carbons (Fsp3) is 0.348. The van der Waals surface area contributed by atoms with Crippen molar-refractivity contribution >= 4 is 17.7 Å². The van der Waals surface area contributed by atoms with Gasteiger partial charge in [-0.25, -0.2) is 0 Å². The first kappa shape index (κ1) is 22.1. The molecule has 2 aromatic carbocycles. The van der Waals surface area contributed by atoms with Gasteiger partial charge in [-0.3, -0.25) is 14.4 Å². The molecular weight excluding hydrogens is 370 g/mol. The van der Waals surface area contributed by atoms with E-state index in [1.54, 1.807) is 24.3 Å². The summed E-state index contributed by atoms with van der Waals surface area (Å²) in [5.74, 6) is -0.685. The normalized spacial score (nSPS) is 11.5. The van der Waals surface area contributed by atoms with Crippen molar-refractivity contribution in [3.05, 3.63) is 64.2 Å². The lowest BCUT2D eigenvalue weighted by Crippen LogP contribution is -2.34. The SMILES string of the molecule is CCOc1ccc(C(=O)NCC(=O)OC(C)C(=O)c2cc(C)c(C)cc2C)cc1. The van der Waals surface area contributed by atoms with Gasteiger partial charge in [-0.1, -0.05) is 6.07 Å². The Morgan fingerprint density at radius 2 is 1.59 bits per heavy atom. The van der Waals surface area contributed by atoms with E-state index in [-0.39, 0.29) is 12.3 Å². The fourth-order valence-corrected chi connectivity index (χ4v) is 2.86. The summed E-state index contributed by atoms with van der Waals surface area (Å²) >= 11 is 0. The van der Waals surface area contributed by atoms with Crippen LogP contribution in [0.1, 0.15) is 51.3 Å². The molecule has 0 spiro atoms. The van der Waals surface area contributed by atoms with Gasteiger partial charge in [0, 0.05) is 11.1 Å². The van der Waals surface area contributed by atoms with E-state index in [0.29, 0.717) is 23.5 Å². The zero-order chi connectivity index (χ0) is 21.6. The number of carbonyl (C=O) groups is 3. The molecule has 2 aromatic rings. The van der Waals surface area contributed by atoms with Crippen LogP contribution >= 0.6 is 0 Å². The predicted octanol–water partition coefficient (Wildman–Crippen LogP) is 3.55. The van der Waals surface area contributed by atoms with Gasteiger partial charge in [-0.15, -0.1) is 0 Å². The number of amides is 1. The van der Waals surface area contributed by atoms with E-state index >= 15 is 0 Å². The summed E-state index contributed by atoms with van der Waals surface area (Å²) in [6, 6.07) is 10.3. The smallest absolute Gasteiger partial charge is 0.326 e. The first-order valence-electron chi connectivity index (χ1n) is 9.55. The number of esters is 1. The van der Waals surface area contributed by atoms with Gasteiger partial charge in [-0.2, -0.15) is 0 Å². The standard InChI is InChI=1S/C23H27NO5/c1-6-28-19-9-7-18(8-10-19)23(27)24-13-21(25)29-17(5)22(26)20-12-15(3)14(2)11-16(20)4/h7-12,17H,6,13H2,1-5H3,(H,24,27). The molecule has 0 aliphatic rings. The van der Waals surface area contributed by atoms with Gasteiger partial charge < -0.3 is 14.8 Å². The maximum absolute atomic E-state index is 12.6. The number of ether oxygens (including phenoxy) is 2. The van der Waals surface area contributed by atoms with Crippen molar-refractivity contribution in [2.45, 2.75) is 40.7 Å². The van der Waals surface area contributed by atoms with Crippen LogP contribution in [0.3, 0.4) is 0 Å². The number of hydrogen-bond acceptors (Lipinski definition) is 5. The summed E-state index contributed by atoms with van der Waals surface area (Å²) in [4.78, 5) is 36.8. The van der Waals surface area contributed by atoms with Crippen LogP contribution in [-0.4, -0.2) is 36.9 Å². The first-order chi connectivity index (χ1) is 13.7. The summed E-state index contributed by atoms with van der Waals surface area (Å²) in [7, 11) is 0. The highest BCUT2D eigenvalue weighted by atomic mass is 16.5. The Labute approximate surface area is 171 Å². The van der Waals surface area contributed by atoms with Crippen LogP contribution < -0.4 is 10.1 Å². The monoisotopic (exact) mass is 397 g/mol. The van der Waals surface area contributed by atoms with Crippen LogP contribution in [0, 0.1) is 20.8 Å². The predicted molar refractivity (Wildman–Crippen MR) is 110 cm³/mol. The van der Waals surface area contributed by atoms with Crippen LogP contribution in [0.2, 0.25) is 0 Å². The Morgan fingerprint density at radius 3 is 2.21 bits per heavy atom. The van der Waals surface area contributed by atoms with Gasteiger partial charge in [0.05, 0.1) is 6.61 Å². The molecule has 1 atom stereocenters. The largest absolute Gasteiger partial charge is 0.494 e. The zero-order valence-corrected chi connectivity index (χ0v) is 17.5. The molecule has 1 N–H and O–H groups in total. The van der Waals surface area contributed by atoms with Crippen molar-refractivity contribution < 1.29 is 23.9 Å². The second-order valence-corrected chi connectivity index (χ2v) is 6.89. The summed E-state index contributed by atoms with van der Waals surface area (Å²) in [6.45, 7) is 9.38. The lowest BCUT2D eigenvalue weighted by Gasteiger charge is -2.15. The molecule has 29 heavy (non-hydrogen) atoms. The van der Waals surface area contributed by atoms with Crippen molar-refractivity contribution in [3.8, 4) is 5.75 Å². The summed E-state index contributed by atoms with van der Waals surface area (Å²) in [5.41, 5.74) is 3.87. The highest BCUT2D eigenvalue weighted by Crippen LogP contribution is 2.18. The molecule has 6 nitrogen and oxygen atoms in total. The average molecular weight is 397 g/mol. The molecule has 0 fully saturated rings. The Balaban J connectivity index is 1.90. The van der Waals surface area contributed by atoms with E-state index in [0.717, 1.165) is 16.7 Å². The lowest BCUT2D eigenvalue weighted by atomic mass is 9.96. The van der Waals surface area contributed by atoms with Gasteiger partial charge in [0.15, 0.2) is 6.10 Å². The molecule has 6 heteroatoms. The Morgan fingerprint density at radius 1 is 0.966 bits per heavy atom. The number of aryl methyl sites for hydroxylation is 3. The van der Waals surface area contributed by atoms with Gasteiger partial charge >= 0.3 is 5.97 Å². The Hall–Kier alpha value is -3.15. The molecule has 1 unspecified atom stereocenters. The number of benzene rings is 2. The molecule has 154 valence electrons. The maximum Gasteiger partial charge on any atom is 0.326 e. The average Bonchev–Trinajstić information content (AvgIpc) is 2.69. The second kappa shape index (κ2) is 9.87. The number of rotatable bonds is 8. The van der Waals surface area contributed by atoms with Gasteiger partial charge in [0.25, 0.3) is 5.91 Å². The minimum absolute atomic E-state index is 0.267. The fourth-order valence-electron chi connectivity index (χ4n) is 2.86. The summed E-state index contributed by atoms with van der Waals surface area (Å²) in [6.07, 6.45) is -0.939. The minimum Gasteiger partial charge on any atom is -0.494 e. The number of Topliss-reactive ketones (excluding diaryl/α,β-unsaturated/α-hetero) is 1. The summed E-state index contributed by atoms with van der Waals surface area (Å²) < 4.78 is 10.5. The van der Waals surface area contributed by atoms with Crippen molar-refractivity contribution in [2.24, 2.45) is 0 Å². The van der Waals surface area contributed by atoms with E-state index in [1.165, 1.54) is 6.92 Å². The lowest BCUT2D eigenvalue weighted by molar-refractivity contribution is -0.145. The zero-order valence-electron chi connectivity index (χ0n) is 17.5. The van der Waals surface area contributed by atoms with Crippen molar-refractivity contribution in [1.82, 2.24) is 5.32 Å². The van der Waals surface area contributed by atoms with Gasteiger partial charge in [-0.05, 0) is 81.6 Å². The number of carbonyl (C=O) groups excluding carboxylic acids is 3. The number of nitrogens with one attached hydrogen (secondary N) is 1. The van der Waals surface area contributed by atoms with Gasteiger partial charge in [0.2, 0.25) is 5.78 Å². The molecule has 0 radical (unpaired) electrons. The van der Waals surface area contributed by atoms with Crippen LogP contribution in [0.25, 0.3) is 0 Å². The molecular formula is C23H27NO5. The van der Waals surface area contributed by atoms with E-state index < -0.39 is 18.0 Å². The molecule has 0 aromatic heterocycles. The van der Waals surface area contributed by atoms with Crippen molar-refractivity contribution in [2.75, 3.05) is 13.2 Å². The minimum atomic E-state index is -0.939. The van der Waals surface area contributed by atoms with Crippen molar-refractivity contribution in [3.63, 3.8) is 0 Å². The molecule has 0 bridgehead atoms. The van der Waals surface area contributed by atoms with E-state index in [9.17, 15) is 14.4 Å². The maximum atomic E-state index is 12.6. The summed E-state index contributed by atoms with van der Waals surface area (Å²) in [5, 5.41) is 2.50. The van der Waals surface area contributed by atoms with E-state index in [1.807, 2.05) is 39.8 Å². The van der Waals surface area contributed by atoms with E-state index in [2.05, 4.69) is 5.32 Å². The second-order valence-electron chi connectivity index (χ2n) is 6.89. The molecule has 0 heterocycles. The van der Waals surface area contributed by atoms with Crippen LogP contribution in [0.15, 0.2) is 36.4 Å². The highest BCUT2D eigenvalue weighted by molar-refractivity contribution is 6.02. The van der Waals surface area contributed by atoms with Gasteiger partial charge in [0.1, 0.15) is 12.3 Å². The quantitative estimate of drug-likeness (QED) is 0.544. The molecule has 0 saturated carbocycles. The van der Waals surface area contributed by atoms with E-state index in [4.69, 9.17) is 9.47 Å². The molecule has 0 aliphatic heterocycles. The van der Waals surface area contributed by atoms with Crippen LogP contribution in [-0.2, 0) is 9.53 Å². The molecule has 0 aliphatic carbocycles. The number of hydrogen-bond donors (Lipinski definition) is 1. The topological polar surface area (TPSA) is 81.7 Å². The van der Waals surface area contributed by atoms with Crippen molar-refractivity contribution in [1.29, 1.82) is 0 Å². The third kappa shape index (κ3) is 5.91. The van der Waals surface area contributed by atoms with Crippen LogP contribution in [0.5, 0.6) is 5.75 Å². The third-order valence-electron chi connectivity index (χ3n) is 4.60. The van der Waals surface area contributed by atoms with Crippen LogP contribution in [0.4, 0.5) is 0 Å². The Kier molecular flexibility index (Phi) is 7.53. The molecule has 0 saturated heterocycles. The highest BCUT2D eigenvalue weighted by Gasteiger charge is 2.22. The first-order valence-corrected chi connectivity index (χ1v) is 9.55. The third-order valence-corrected chi connectivity index (χ3v) is 4.60. The number of ketones is 1. The molecule has 2 rings (SSSR count). The molecule has 1 amide bonds. The Bertz CT molecular complexity index is 902.